The van der Waals surface area contributed by atoms with Gasteiger partial charge < -0.3 is 20.3 Å². The van der Waals surface area contributed by atoms with Gasteiger partial charge in [0.25, 0.3) is 0 Å². The summed E-state index contributed by atoms with van der Waals surface area (Å²) in [4.78, 5) is 26.1. The van der Waals surface area contributed by atoms with E-state index in [9.17, 15) is 19.8 Å². The molecule has 3 unspecified atom stereocenters. The van der Waals surface area contributed by atoms with Crippen molar-refractivity contribution in [3.63, 3.8) is 0 Å². The standard InChI is InChI=1S/C59H103NO5/c1-4-7-10-13-16-19-22-24-26-28-30-32-34-37-40-43-46-49-52-59(64)65-55(50-47-44-41-38-35-21-18-15-12-9-6-3)53-58(63)60-56(54-61)57(62)51-48-45-42-39-36-33-31-29-27-25-23-20-17-14-11-8-5-2/h9,12,15,18,21-22,24,26,28,30,32,35,38,41,55-57,61-62H,4-8,10-11,13-14,16-17,19-20,23,25,27,29,31,33-34,36-37,39-40,42-54H2,1-3H3,(H,60,63)/b12-9+,18-15+,24-22+,28-26+,32-30+,35-21-,41-38-. The van der Waals surface area contributed by atoms with Crippen molar-refractivity contribution < 1.29 is 24.5 Å². The predicted molar refractivity (Wildman–Crippen MR) is 282 cm³/mol. The Hall–Kier alpha value is -2.96. The van der Waals surface area contributed by atoms with Gasteiger partial charge >= 0.3 is 5.97 Å². The van der Waals surface area contributed by atoms with E-state index in [1.165, 1.54) is 122 Å². The van der Waals surface area contributed by atoms with Crippen molar-refractivity contribution >= 4 is 11.9 Å². The molecule has 6 heteroatoms. The van der Waals surface area contributed by atoms with E-state index >= 15 is 0 Å². The van der Waals surface area contributed by atoms with E-state index in [2.05, 4.69) is 74.7 Å². The second-order valence-electron chi connectivity index (χ2n) is 18.4. The lowest BCUT2D eigenvalue weighted by Crippen LogP contribution is -2.46. The zero-order valence-corrected chi connectivity index (χ0v) is 42.6. The highest BCUT2D eigenvalue weighted by Crippen LogP contribution is 2.17. The maximum absolute atomic E-state index is 13.2. The van der Waals surface area contributed by atoms with Gasteiger partial charge in [0.15, 0.2) is 0 Å². The number of ether oxygens (including phenoxy) is 1. The predicted octanol–water partition coefficient (Wildman–Crippen LogP) is 16.7. The number of allylic oxidation sites excluding steroid dienone is 14. The van der Waals surface area contributed by atoms with Crippen molar-refractivity contribution in [1.82, 2.24) is 5.32 Å². The Morgan fingerprint density at radius 2 is 0.846 bits per heavy atom. The van der Waals surface area contributed by atoms with E-state index in [4.69, 9.17) is 4.74 Å². The van der Waals surface area contributed by atoms with Crippen LogP contribution in [0.15, 0.2) is 85.1 Å². The molecule has 0 spiro atoms. The molecule has 374 valence electrons. The smallest absolute Gasteiger partial charge is 0.306 e. The molecule has 0 saturated heterocycles. The lowest BCUT2D eigenvalue weighted by molar-refractivity contribution is -0.151. The first-order chi connectivity index (χ1) is 32.0. The Bertz CT molecular complexity index is 1250. The second kappa shape index (κ2) is 52.0. The fourth-order valence-electron chi connectivity index (χ4n) is 7.98. The van der Waals surface area contributed by atoms with Crippen LogP contribution in [0.1, 0.15) is 252 Å². The maximum atomic E-state index is 13.2. The number of esters is 1. The first kappa shape index (κ1) is 62.0. The van der Waals surface area contributed by atoms with Gasteiger partial charge in [0.05, 0.1) is 25.2 Å². The molecule has 0 aromatic carbocycles. The van der Waals surface area contributed by atoms with Gasteiger partial charge in [-0.1, -0.05) is 260 Å². The molecule has 0 aliphatic heterocycles. The van der Waals surface area contributed by atoms with E-state index in [1.54, 1.807) is 0 Å². The third-order valence-electron chi connectivity index (χ3n) is 12.1. The van der Waals surface area contributed by atoms with Crippen LogP contribution in [0, 0.1) is 0 Å². The summed E-state index contributed by atoms with van der Waals surface area (Å²) in [6, 6.07) is -0.732. The lowest BCUT2D eigenvalue weighted by Gasteiger charge is -2.24. The first-order valence-corrected chi connectivity index (χ1v) is 27.4. The Balaban J connectivity index is 4.57. The van der Waals surface area contributed by atoms with Crippen LogP contribution in [-0.2, 0) is 14.3 Å². The molecule has 1 amide bonds. The Labute approximate surface area is 402 Å². The minimum Gasteiger partial charge on any atom is -0.462 e. The molecule has 0 rings (SSSR count). The highest BCUT2D eigenvalue weighted by atomic mass is 16.5. The van der Waals surface area contributed by atoms with Crippen molar-refractivity contribution in [2.75, 3.05) is 6.61 Å². The van der Waals surface area contributed by atoms with Gasteiger partial charge in [-0.3, -0.25) is 9.59 Å². The van der Waals surface area contributed by atoms with Gasteiger partial charge in [0, 0.05) is 6.42 Å². The third kappa shape index (κ3) is 47.3. The number of amides is 1. The molecule has 0 fully saturated rings. The van der Waals surface area contributed by atoms with Gasteiger partial charge in [-0.05, 0) is 64.2 Å². The molecule has 3 N–H and O–H groups in total. The monoisotopic (exact) mass is 906 g/mol. The van der Waals surface area contributed by atoms with Crippen molar-refractivity contribution in [2.24, 2.45) is 0 Å². The zero-order chi connectivity index (χ0) is 47.4. The van der Waals surface area contributed by atoms with Crippen LogP contribution in [0.4, 0.5) is 0 Å². The van der Waals surface area contributed by atoms with Crippen LogP contribution in [0.2, 0.25) is 0 Å². The minimum atomic E-state index is -0.813. The molecule has 0 saturated carbocycles. The average Bonchev–Trinajstić information content (AvgIpc) is 3.30. The quantitative estimate of drug-likeness (QED) is 0.0321. The summed E-state index contributed by atoms with van der Waals surface area (Å²) in [5, 5.41) is 23.8. The van der Waals surface area contributed by atoms with E-state index < -0.39 is 18.2 Å². The van der Waals surface area contributed by atoms with E-state index in [0.29, 0.717) is 19.3 Å². The summed E-state index contributed by atoms with van der Waals surface area (Å²) in [6.45, 7) is 6.31. The number of rotatable bonds is 48. The summed E-state index contributed by atoms with van der Waals surface area (Å²) in [6.07, 6.45) is 68.0. The Kier molecular flexibility index (Phi) is 49.6. The number of nitrogens with one attached hydrogen (secondary N) is 1. The molecule has 0 aliphatic rings. The van der Waals surface area contributed by atoms with Crippen LogP contribution in [0.5, 0.6) is 0 Å². The highest BCUT2D eigenvalue weighted by molar-refractivity contribution is 5.77. The summed E-state index contributed by atoms with van der Waals surface area (Å²) < 4.78 is 5.89. The zero-order valence-electron chi connectivity index (χ0n) is 42.6. The molecule has 0 heterocycles. The molecule has 3 atom stereocenters. The third-order valence-corrected chi connectivity index (χ3v) is 12.1. The molecule has 0 aromatic heterocycles. The largest absolute Gasteiger partial charge is 0.462 e. The molecule has 65 heavy (non-hydrogen) atoms. The second-order valence-corrected chi connectivity index (χ2v) is 18.4. The van der Waals surface area contributed by atoms with Gasteiger partial charge in [-0.2, -0.15) is 0 Å². The average molecular weight is 906 g/mol. The van der Waals surface area contributed by atoms with Gasteiger partial charge in [-0.15, -0.1) is 0 Å². The van der Waals surface area contributed by atoms with E-state index in [1.807, 2.05) is 36.5 Å². The molecule has 0 radical (unpaired) electrons. The summed E-state index contributed by atoms with van der Waals surface area (Å²) in [5.74, 6) is -0.567. The fraction of sp³-hybridized carbons (Fsp3) is 0.729. The van der Waals surface area contributed by atoms with Crippen molar-refractivity contribution in [3.8, 4) is 0 Å². The Morgan fingerprint density at radius 3 is 1.29 bits per heavy atom. The van der Waals surface area contributed by atoms with Gasteiger partial charge in [-0.25, -0.2) is 0 Å². The highest BCUT2D eigenvalue weighted by Gasteiger charge is 2.24. The number of hydrogen-bond donors (Lipinski definition) is 3. The molecule has 0 bridgehead atoms. The number of carbonyl (C=O) groups is 2. The number of hydrogen-bond acceptors (Lipinski definition) is 5. The van der Waals surface area contributed by atoms with Crippen LogP contribution in [-0.4, -0.2) is 46.9 Å². The van der Waals surface area contributed by atoms with Crippen LogP contribution in [0.3, 0.4) is 0 Å². The maximum Gasteiger partial charge on any atom is 0.306 e. The SMILES string of the molecule is CC/C=C/C=C/C=C\C=C/CCCC(CC(=O)NC(CO)C(O)CCCCCCCCCCCCCCCCCCC)OC(=O)CCCCCCC/C=C/C=C/C=C/CCCCCCC. The van der Waals surface area contributed by atoms with Gasteiger partial charge in [0.1, 0.15) is 6.10 Å². The van der Waals surface area contributed by atoms with Crippen molar-refractivity contribution in [3.05, 3.63) is 85.1 Å². The molecular formula is C59H103NO5. The minimum absolute atomic E-state index is 0.0197. The number of aliphatic hydroxyl groups is 2. The van der Waals surface area contributed by atoms with Gasteiger partial charge in [0.2, 0.25) is 5.91 Å². The Morgan fingerprint density at radius 1 is 0.462 bits per heavy atom. The van der Waals surface area contributed by atoms with Crippen LogP contribution >= 0.6 is 0 Å². The summed E-state index contributed by atoms with van der Waals surface area (Å²) in [5.41, 5.74) is 0. The normalized spacial score (nSPS) is 13.9. The molecular weight excluding hydrogens is 803 g/mol. The van der Waals surface area contributed by atoms with Crippen LogP contribution < -0.4 is 5.32 Å². The van der Waals surface area contributed by atoms with Crippen molar-refractivity contribution in [1.29, 1.82) is 0 Å². The van der Waals surface area contributed by atoms with Crippen molar-refractivity contribution in [2.45, 2.75) is 270 Å². The lowest BCUT2D eigenvalue weighted by atomic mass is 10.0. The molecule has 6 nitrogen and oxygen atoms in total. The number of aliphatic hydroxyl groups excluding tert-OH is 2. The summed E-state index contributed by atoms with van der Waals surface area (Å²) in [7, 11) is 0. The number of carbonyl (C=O) groups excluding carboxylic acids is 2. The summed E-state index contributed by atoms with van der Waals surface area (Å²) >= 11 is 0. The fourth-order valence-corrected chi connectivity index (χ4v) is 7.98. The molecule has 0 aromatic rings. The van der Waals surface area contributed by atoms with E-state index in [-0.39, 0.29) is 24.9 Å². The first-order valence-electron chi connectivity index (χ1n) is 27.4. The molecule has 0 aliphatic carbocycles. The number of unbranched alkanes of at least 4 members (excludes halogenated alkanes) is 27. The van der Waals surface area contributed by atoms with Crippen LogP contribution in [0.25, 0.3) is 0 Å². The van der Waals surface area contributed by atoms with E-state index in [0.717, 1.165) is 83.5 Å². The topological polar surface area (TPSA) is 95.9 Å².